The predicted molar refractivity (Wildman–Crippen MR) is 75.1 cm³/mol. The lowest BCUT2D eigenvalue weighted by atomic mass is 10.0. The van der Waals surface area contributed by atoms with Crippen LogP contribution in [-0.2, 0) is 0 Å². The van der Waals surface area contributed by atoms with Crippen molar-refractivity contribution in [2.75, 3.05) is 6.54 Å². The lowest BCUT2D eigenvalue weighted by Gasteiger charge is -2.10. The van der Waals surface area contributed by atoms with Gasteiger partial charge in [-0.05, 0) is 54.4 Å². The summed E-state index contributed by atoms with van der Waals surface area (Å²) in [5.41, 5.74) is 7.46. The van der Waals surface area contributed by atoms with Crippen molar-refractivity contribution >= 4 is 0 Å². The molecule has 0 aromatic heterocycles. The molecule has 0 saturated heterocycles. The molecule has 2 N–H and O–H groups in total. The minimum Gasteiger partial charge on any atom is -0.457 e. The van der Waals surface area contributed by atoms with E-state index in [1.807, 2.05) is 24.3 Å². The smallest absolute Gasteiger partial charge is 0.127 e. The fourth-order valence-corrected chi connectivity index (χ4v) is 1.73. The highest BCUT2D eigenvalue weighted by atomic mass is 16.5. The maximum absolute atomic E-state index is 8.72. The molecule has 0 saturated carbocycles. The molecule has 2 rings (SSSR count). The van der Waals surface area contributed by atoms with Crippen molar-refractivity contribution in [3.05, 3.63) is 59.7 Å². The Balaban J connectivity index is 2.08. The number of hydrogen-bond acceptors (Lipinski definition) is 3. The summed E-state index contributed by atoms with van der Waals surface area (Å²) in [7, 11) is 0. The zero-order valence-electron chi connectivity index (χ0n) is 10.8. The molecule has 19 heavy (non-hydrogen) atoms. The van der Waals surface area contributed by atoms with Crippen LogP contribution in [0.15, 0.2) is 48.5 Å². The van der Waals surface area contributed by atoms with Crippen LogP contribution in [0.1, 0.15) is 24.0 Å². The van der Waals surface area contributed by atoms with E-state index < -0.39 is 0 Å². The summed E-state index contributed by atoms with van der Waals surface area (Å²) < 4.78 is 5.71. The molecule has 0 heterocycles. The van der Waals surface area contributed by atoms with E-state index in [9.17, 15) is 0 Å². The third-order valence-corrected chi connectivity index (χ3v) is 3.02. The van der Waals surface area contributed by atoms with Crippen LogP contribution in [0.5, 0.6) is 11.5 Å². The van der Waals surface area contributed by atoms with Gasteiger partial charge in [-0.2, -0.15) is 5.26 Å². The lowest BCUT2D eigenvalue weighted by molar-refractivity contribution is 0.482. The topological polar surface area (TPSA) is 59.0 Å². The van der Waals surface area contributed by atoms with Gasteiger partial charge in [0.25, 0.3) is 0 Å². The zero-order chi connectivity index (χ0) is 13.7. The Morgan fingerprint density at radius 3 is 2.05 bits per heavy atom. The van der Waals surface area contributed by atoms with Crippen molar-refractivity contribution in [2.24, 2.45) is 5.73 Å². The summed E-state index contributed by atoms with van der Waals surface area (Å²) in [6, 6.07) is 17.0. The second-order valence-electron chi connectivity index (χ2n) is 4.44. The average molecular weight is 252 g/mol. The first-order valence-electron chi connectivity index (χ1n) is 6.21. The number of nitrogens with two attached hydrogens (primary N) is 1. The molecule has 2 aromatic carbocycles. The number of nitriles is 1. The van der Waals surface area contributed by atoms with Crippen LogP contribution in [0.25, 0.3) is 0 Å². The van der Waals surface area contributed by atoms with Crippen molar-refractivity contribution in [2.45, 2.75) is 12.8 Å². The van der Waals surface area contributed by atoms with Crippen molar-refractivity contribution in [1.29, 1.82) is 5.26 Å². The Morgan fingerprint density at radius 1 is 1.05 bits per heavy atom. The van der Waals surface area contributed by atoms with Gasteiger partial charge >= 0.3 is 0 Å². The summed E-state index contributed by atoms with van der Waals surface area (Å²) in [5.74, 6) is 1.85. The Hall–Kier alpha value is -2.31. The van der Waals surface area contributed by atoms with E-state index in [1.165, 1.54) is 5.56 Å². The van der Waals surface area contributed by atoms with E-state index in [4.69, 9.17) is 15.7 Å². The fourth-order valence-electron chi connectivity index (χ4n) is 1.73. The quantitative estimate of drug-likeness (QED) is 0.907. The molecule has 0 bridgehead atoms. The van der Waals surface area contributed by atoms with E-state index in [1.54, 1.807) is 24.3 Å². The second-order valence-corrected chi connectivity index (χ2v) is 4.44. The summed E-state index contributed by atoms with van der Waals surface area (Å²) in [5, 5.41) is 8.72. The molecule has 1 atom stereocenters. The van der Waals surface area contributed by atoms with Gasteiger partial charge in [-0.15, -0.1) is 0 Å². The van der Waals surface area contributed by atoms with Gasteiger partial charge in [0, 0.05) is 0 Å². The van der Waals surface area contributed by atoms with Gasteiger partial charge in [-0.1, -0.05) is 19.1 Å². The maximum atomic E-state index is 8.72. The fraction of sp³-hybridized carbons (Fsp3) is 0.188. The van der Waals surface area contributed by atoms with Crippen LogP contribution in [-0.4, -0.2) is 6.54 Å². The average Bonchev–Trinajstić information content (AvgIpc) is 2.48. The number of rotatable bonds is 4. The third kappa shape index (κ3) is 3.34. The van der Waals surface area contributed by atoms with Gasteiger partial charge in [0.1, 0.15) is 11.5 Å². The highest BCUT2D eigenvalue weighted by Gasteiger charge is 2.03. The molecule has 3 heteroatoms. The van der Waals surface area contributed by atoms with Crippen LogP contribution < -0.4 is 10.5 Å². The normalized spacial score (nSPS) is 11.6. The lowest BCUT2D eigenvalue weighted by Crippen LogP contribution is -2.08. The molecule has 96 valence electrons. The Labute approximate surface area is 113 Å². The van der Waals surface area contributed by atoms with Crippen LogP contribution in [0.4, 0.5) is 0 Å². The first kappa shape index (κ1) is 13.1. The van der Waals surface area contributed by atoms with E-state index in [-0.39, 0.29) is 0 Å². The summed E-state index contributed by atoms with van der Waals surface area (Å²) in [4.78, 5) is 0. The van der Waals surface area contributed by atoms with Gasteiger partial charge in [0.05, 0.1) is 11.6 Å². The number of benzene rings is 2. The van der Waals surface area contributed by atoms with Gasteiger partial charge < -0.3 is 10.5 Å². The molecule has 0 fully saturated rings. The third-order valence-electron chi connectivity index (χ3n) is 3.02. The number of ether oxygens (including phenoxy) is 1. The summed E-state index contributed by atoms with van der Waals surface area (Å²) in [6.07, 6.45) is 0. The van der Waals surface area contributed by atoms with Crippen molar-refractivity contribution in [3.63, 3.8) is 0 Å². The SMILES string of the molecule is CC(CN)c1ccc(Oc2ccc(C#N)cc2)cc1. The Bertz CT molecular complexity index is 567. The Kier molecular flexibility index (Phi) is 4.17. The van der Waals surface area contributed by atoms with Gasteiger partial charge in [-0.3, -0.25) is 0 Å². The first-order valence-corrected chi connectivity index (χ1v) is 6.21. The molecular weight excluding hydrogens is 236 g/mol. The molecule has 3 nitrogen and oxygen atoms in total. The van der Waals surface area contributed by atoms with Gasteiger partial charge in [0.15, 0.2) is 0 Å². The van der Waals surface area contributed by atoms with Crippen molar-refractivity contribution in [1.82, 2.24) is 0 Å². The number of nitrogens with zero attached hydrogens (tertiary/aromatic N) is 1. The largest absolute Gasteiger partial charge is 0.457 e. The van der Waals surface area contributed by atoms with E-state index in [0.29, 0.717) is 18.0 Å². The van der Waals surface area contributed by atoms with Crippen LogP contribution >= 0.6 is 0 Å². The van der Waals surface area contributed by atoms with Crippen molar-refractivity contribution < 1.29 is 4.74 Å². The van der Waals surface area contributed by atoms with Crippen molar-refractivity contribution in [3.8, 4) is 17.6 Å². The van der Waals surface area contributed by atoms with Crippen LogP contribution in [0.2, 0.25) is 0 Å². The second kappa shape index (κ2) is 6.03. The zero-order valence-corrected chi connectivity index (χ0v) is 10.8. The minimum atomic E-state index is 0.351. The first-order chi connectivity index (χ1) is 9.22. The molecule has 0 aliphatic heterocycles. The Morgan fingerprint density at radius 2 is 1.58 bits per heavy atom. The van der Waals surface area contributed by atoms with Crippen LogP contribution in [0, 0.1) is 11.3 Å². The maximum Gasteiger partial charge on any atom is 0.127 e. The molecule has 0 spiro atoms. The molecule has 0 aliphatic rings. The molecule has 0 radical (unpaired) electrons. The van der Waals surface area contributed by atoms with Gasteiger partial charge in [-0.25, -0.2) is 0 Å². The monoisotopic (exact) mass is 252 g/mol. The van der Waals surface area contributed by atoms with E-state index >= 15 is 0 Å². The molecule has 0 amide bonds. The summed E-state index contributed by atoms with van der Waals surface area (Å²) in [6.45, 7) is 2.73. The molecule has 1 unspecified atom stereocenters. The number of hydrogen-bond donors (Lipinski definition) is 1. The summed E-state index contributed by atoms with van der Waals surface area (Å²) >= 11 is 0. The minimum absolute atomic E-state index is 0.351. The van der Waals surface area contributed by atoms with Gasteiger partial charge in [0.2, 0.25) is 0 Å². The standard InChI is InChI=1S/C16H16N2O/c1-12(10-17)14-4-8-16(9-5-14)19-15-6-2-13(11-18)3-7-15/h2-9,12H,10,17H2,1H3. The molecular formula is C16H16N2O. The van der Waals surface area contributed by atoms with E-state index in [2.05, 4.69) is 13.0 Å². The van der Waals surface area contributed by atoms with Crippen LogP contribution in [0.3, 0.4) is 0 Å². The van der Waals surface area contributed by atoms with E-state index in [0.717, 1.165) is 11.5 Å². The predicted octanol–water partition coefficient (Wildman–Crippen LogP) is 3.41. The molecule has 0 aliphatic carbocycles. The molecule has 2 aromatic rings. The highest BCUT2D eigenvalue weighted by molar-refractivity contribution is 5.38. The highest BCUT2D eigenvalue weighted by Crippen LogP contribution is 2.24.